The van der Waals surface area contributed by atoms with Crippen LogP contribution < -0.4 is 5.32 Å². The van der Waals surface area contributed by atoms with Gasteiger partial charge in [0.05, 0.1) is 5.56 Å². The smallest absolute Gasteiger partial charge is 0.259 e. The van der Waals surface area contributed by atoms with E-state index in [4.69, 9.17) is 4.52 Å². The Morgan fingerprint density at radius 2 is 1.87 bits per heavy atom. The standard InChI is InChI=1S/C22H16N4O4/c1-13-10-19(26-30-13)24-25-20-17-5-3-2-4-15(17)11-18(21(20)28)22(29)23-16-8-6-14(12-27)7-9-16/h2-12,28H,1H3,(H,23,29)/b25-24+. The van der Waals surface area contributed by atoms with Crippen LogP contribution in [0.25, 0.3) is 10.8 Å². The van der Waals surface area contributed by atoms with Crippen molar-refractivity contribution >= 4 is 40.2 Å². The molecule has 0 aliphatic rings. The van der Waals surface area contributed by atoms with Gasteiger partial charge in [0.25, 0.3) is 5.91 Å². The number of nitrogens with one attached hydrogen (secondary N) is 1. The summed E-state index contributed by atoms with van der Waals surface area (Å²) in [5, 5.41) is 26.7. The third-order valence-electron chi connectivity index (χ3n) is 4.41. The van der Waals surface area contributed by atoms with Crippen LogP contribution in [0, 0.1) is 6.92 Å². The molecule has 0 spiro atoms. The second kappa shape index (κ2) is 7.96. The highest BCUT2D eigenvalue weighted by atomic mass is 16.5. The summed E-state index contributed by atoms with van der Waals surface area (Å²) in [4.78, 5) is 23.6. The second-order valence-electron chi connectivity index (χ2n) is 6.53. The minimum absolute atomic E-state index is 0.0402. The number of aromatic nitrogens is 1. The minimum Gasteiger partial charge on any atom is -0.505 e. The zero-order chi connectivity index (χ0) is 21.1. The lowest BCUT2D eigenvalue weighted by molar-refractivity contribution is 0.102. The second-order valence-corrected chi connectivity index (χ2v) is 6.53. The third kappa shape index (κ3) is 3.79. The number of phenols is 1. The van der Waals surface area contributed by atoms with Crippen molar-refractivity contribution in [2.75, 3.05) is 5.32 Å². The first-order valence-electron chi connectivity index (χ1n) is 9.01. The van der Waals surface area contributed by atoms with Gasteiger partial charge in [-0.2, -0.15) is 0 Å². The predicted molar refractivity (Wildman–Crippen MR) is 111 cm³/mol. The summed E-state index contributed by atoms with van der Waals surface area (Å²) in [5.41, 5.74) is 1.17. The molecule has 1 aromatic heterocycles. The molecule has 2 N–H and O–H groups in total. The normalized spacial score (nSPS) is 11.1. The number of benzene rings is 3. The topological polar surface area (TPSA) is 117 Å². The molecule has 0 saturated heterocycles. The van der Waals surface area contributed by atoms with Crippen molar-refractivity contribution in [1.82, 2.24) is 5.16 Å². The number of carbonyl (C=O) groups is 2. The van der Waals surface area contributed by atoms with Crippen molar-refractivity contribution in [3.05, 3.63) is 77.6 Å². The van der Waals surface area contributed by atoms with Gasteiger partial charge in [0.15, 0.2) is 5.75 Å². The molecule has 0 aliphatic heterocycles. The van der Waals surface area contributed by atoms with Gasteiger partial charge >= 0.3 is 0 Å². The number of carbonyl (C=O) groups excluding carboxylic acids is 2. The maximum absolute atomic E-state index is 12.8. The number of amides is 1. The van der Waals surface area contributed by atoms with Crippen molar-refractivity contribution in [2.45, 2.75) is 6.92 Å². The van der Waals surface area contributed by atoms with Gasteiger partial charge in [-0.25, -0.2) is 0 Å². The first kappa shape index (κ1) is 19.0. The van der Waals surface area contributed by atoms with Crippen molar-refractivity contribution in [3.8, 4) is 5.75 Å². The molecular weight excluding hydrogens is 384 g/mol. The van der Waals surface area contributed by atoms with Crippen LogP contribution in [0.2, 0.25) is 0 Å². The predicted octanol–water partition coefficient (Wildman–Crippen LogP) is 5.32. The van der Waals surface area contributed by atoms with E-state index < -0.39 is 5.91 Å². The molecule has 148 valence electrons. The lowest BCUT2D eigenvalue weighted by Gasteiger charge is -2.11. The minimum atomic E-state index is -0.522. The van der Waals surface area contributed by atoms with Gasteiger partial charge in [0.1, 0.15) is 17.7 Å². The molecule has 0 fully saturated rings. The maximum atomic E-state index is 12.8. The van der Waals surface area contributed by atoms with E-state index in [0.717, 1.165) is 0 Å². The van der Waals surface area contributed by atoms with E-state index in [1.54, 1.807) is 55.5 Å². The Balaban J connectivity index is 1.74. The largest absolute Gasteiger partial charge is 0.505 e. The van der Waals surface area contributed by atoms with E-state index in [2.05, 4.69) is 20.7 Å². The lowest BCUT2D eigenvalue weighted by atomic mass is 10.0. The number of azo groups is 1. The molecule has 4 rings (SSSR count). The zero-order valence-electron chi connectivity index (χ0n) is 15.9. The Hall–Kier alpha value is -4.33. The molecule has 0 atom stereocenters. The molecule has 0 saturated carbocycles. The highest BCUT2D eigenvalue weighted by Gasteiger charge is 2.18. The number of anilines is 1. The van der Waals surface area contributed by atoms with Gasteiger partial charge in [-0.1, -0.05) is 29.4 Å². The van der Waals surface area contributed by atoms with E-state index in [9.17, 15) is 14.7 Å². The fourth-order valence-electron chi connectivity index (χ4n) is 2.94. The third-order valence-corrected chi connectivity index (χ3v) is 4.41. The molecule has 8 heteroatoms. The van der Waals surface area contributed by atoms with Crippen LogP contribution in [-0.4, -0.2) is 22.5 Å². The number of phenolic OH excluding ortho intramolecular Hbond substituents is 1. The number of aryl methyl sites for hydroxylation is 1. The van der Waals surface area contributed by atoms with Crippen LogP contribution in [0.3, 0.4) is 0 Å². The highest BCUT2D eigenvalue weighted by molar-refractivity contribution is 6.11. The Kier molecular flexibility index (Phi) is 5.04. The van der Waals surface area contributed by atoms with Crippen molar-refractivity contribution in [1.29, 1.82) is 0 Å². The fourth-order valence-corrected chi connectivity index (χ4v) is 2.94. The molecule has 3 aromatic carbocycles. The number of hydrogen-bond donors (Lipinski definition) is 2. The fraction of sp³-hybridized carbons (Fsp3) is 0.0455. The Morgan fingerprint density at radius 1 is 1.10 bits per heavy atom. The summed E-state index contributed by atoms with van der Waals surface area (Å²) in [6.07, 6.45) is 0.717. The number of rotatable bonds is 5. The van der Waals surface area contributed by atoms with Gasteiger partial charge < -0.3 is 14.9 Å². The molecular formula is C22H16N4O4. The van der Waals surface area contributed by atoms with Crippen LogP contribution in [0.15, 0.2) is 75.4 Å². The number of aromatic hydroxyl groups is 1. The monoisotopic (exact) mass is 400 g/mol. The van der Waals surface area contributed by atoms with Gasteiger partial charge in [0.2, 0.25) is 5.82 Å². The van der Waals surface area contributed by atoms with Crippen LogP contribution in [0.1, 0.15) is 26.5 Å². The van der Waals surface area contributed by atoms with Gasteiger partial charge in [-0.15, -0.1) is 10.2 Å². The number of aldehydes is 1. The van der Waals surface area contributed by atoms with E-state index in [0.29, 0.717) is 34.1 Å². The molecule has 0 bridgehead atoms. The molecule has 1 amide bonds. The Bertz CT molecular complexity index is 1280. The summed E-state index contributed by atoms with van der Waals surface area (Å²) in [5.74, 6) is -0.00150. The van der Waals surface area contributed by atoms with Crippen molar-refractivity contribution in [2.24, 2.45) is 10.2 Å². The van der Waals surface area contributed by atoms with Crippen molar-refractivity contribution < 1.29 is 19.2 Å². The summed E-state index contributed by atoms with van der Waals surface area (Å²) in [6, 6.07) is 16.8. The van der Waals surface area contributed by atoms with E-state index in [1.165, 1.54) is 0 Å². The molecule has 0 radical (unpaired) electrons. The molecule has 30 heavy (non-hydrogen) atoms. The summed E-state index contributed by atoms with van der Waals surface area (Å²) >= 11 is 0. The number of nitrogens with zero attached hydrogens (tertiary/aromatic N) is 3. The lowest BCUT2D eigenvalue weighted by Crippen LogP contribution is -2.12. The average molecular weight is 400 g/mol. The summed E-state index contributed by atoms with van der Waals surface area (Å²) < 4.78 is 4.96. The quantitative estimate of drug-likeness (QED) is 0.347. The first-order valence-corrected chi connectivity index (χ1v) is 9.01. The zero-order valence-corrected chi connectivity index (χ0v) is 15.9. The first-order chi connectivity index (χ1) is 14.5. The SMILES string of the molecule is Cc1cc(/N=N/c2c(O)c(C(=O)Nc3ccc(C=O)cc3)cc3ccccc23)no1. The average Bonchev–Trinajstić information content (AvgIpc) is 3.18. The summed E-state index contributed by atoms with van der Waals surface area (Å²) in [7, 11) is 0. The Labute approximate surface area is 170 Å². The van der Waals surface area contributed by atoms with Gasteiger partial charge in [-0.05, 0) is 42.6 Å². The van der Waals surface area contributed by atoms with Gasteiger partial charge in [0, 0.05) is 22.7 Å². The molecule has 4 aromatic rings. The Morgan fingerprint density at radius 3 is 2.57 bits per heavy atom. The molecule has 0 aliphatic carbocycles. The highest BCUT2D eigenvalue weighted by Crippen LogP contribution is 2.39. The van der Waals surface area contributed by atoms with Crippen LogP contribution >= 0.6 is 0 Å². The van der Waals surface area contributed by atoms with E-state index in [1.807, 2.05) is 12.1 Å². The van der Waals surface area contributed by atoms with Crippen LogP contribution in [-0.2, 0) is 0 Å². The van der Waals surface area contributed by atoms with E-state index >= 15 is 0 Å². The van der Waals surface area contributed by atoms with Gasteiger partial charge in [-0.3, -0.25) is 9.59 Å². The van der Waals surface area contributed by atoms with E-state index in [-0.39, 0.29) is 22.8 Å². The number of fused-ring (bicyclic) bond motifs is 1. The molecule has 1 heterocycles. The summed E-state index contributed by atoms with van der Waals surface area (Å²) in [6.45, 7) is 1.73. The number of hydrogen-bond acceptors (Lipinski definition) is 7. The molecule has 0 unspecified atom stereocenters. The maximum Gasteiger partial charge on any atom is 0.259 e. The van der Waals surface area contributed by atoms with Crippen LogP contribution in [0.4, 0.5) is 17.2 Å². The van der Waals surface area contributed by atoms with Crippen molar-refractivity contribution in [3.63, 3.8) is 0 Å². The molecule has 8 nitrogen and oxygen atoms in total. The van der Waals surface area contributed by atoms with Crippen LogP contribution in [0.5, 0.6) is 5.75 Å².